The van der Waals surface area contributed by atoms with E-state index in [1.54, 1.807) is 0 Å². The number of nitrogens with zero attached hydrogens (tertiary/aromatic N) is 3. The van der Waals surface area contributed by atoms with Gasteiger partial charge in [0.15, 0.2) is 0 Å². The molecular weight excluding hydrogens is 340 g/mol. The van der Waals surface area contributed by atoms with Crippen molar-refractivity contribution in [3.05, 3.63) is 35.4 Å². The van der Waals surface area contributed by atoms with E-state index in [0.29, 0.717) is 5.56 Å². The Balaban J connectivity index is 1.54. The molecule has 1 fully saturated rings. The molecule has 1 aliphatic heterocycles. The third kappa shape index (κ3) is 3.72. The third-order valence-electron chi connectivity index (χ3n) is 5.64. The zero-order valence-corrected chi connectivity index (χ0v) is 16.2. The van der Waals surface area contributed by atoms with E-state index < -0.39 is 0 Å². The highest BCUT2D eigenvalue weighted by Gasteiger charge is 2.19. The number of fused-ring (bicyclic) bond motifs is 1. The van der Waals surface area contributed by atoms with E-state index >= 15 is 0 Å². The summed E-state index contributed by atoms with van der Waals surface area (Å²) in [7, 11) is 2.03. The minimum Gasteiger partial charge on any atom is -0.378 e. The van der Waals surface area contributed by atoms with E-state index in [1.807, 2.05) is 25.2 Å². The van der Waals surface area contributed by atoms with Crippen LogP contribution in [0.5, 0.6) is 0 Å². The molecule has 2 aliphatic rings. The summed E-state index contributed by atoms with van der Waals surface area (Å²) in [4.78, 5) is 19.8. The van der Waals surface area contributed by atoms with Gasteiger partial charge in [-0.2, -0.15) is 0 Å². The van der Waals surface area contributed by atoms with E-state index in [0.717, 1.165) is 56.1 Å². The maximum absolute atomic E-state index is 12.7. The van der Waals surface area contributed by atoms with Crippen LogP contribution in [0.3, 0.4) is 0 Å². The number of nitrogens with one attached hydrogen (secondary N) is 1. The fourth-order valence-electron chi connectivity index (χ4n) is 4.00. The molecule has 1 atom stereocenters. The number of ether oxygens (including phenoxy) is 1. The van der Waals surface area contributed by atoms with Crippen LogP contribution < -0.4 is 10.2 Å². The lowest BCUT2D eigenvalue weighted by Gasteiger charge is -2.27. The van der Waals surface area contributed by atoms with Gasteiger partial charge < -0.3 is 19.5 Å². The lowest BCUT2D eigenvalue weighted by atomic mass is 9.94. The van der Waals surface area contributed by atoms with E-state index in [1.165, 1.54) is 18.4 Å². The summed E-state index contributed by atoms with van der Waals surface area (Å²) in [5, 5.41) is 3.15. The van der Waals surface area contributed by atoms with Crippen LogP contribution in [-0.2, 0) is 11.8 Å². The van der Waals surface area contributed by atoms with Gasteiger partial charge in [-0.1, -0.05) is 11.6 Å². The zero-order chi connectivity index (χ0) is 18.8. The lowest BCUT2D eigenvalue weighted by molar-refractivity contribution is 0.0944. The average molecular weight is 368 g/mol. The number of morpholine rings is 1. The molecule has 1 amide bonds. The van der Waals surface area contributed by atoms with Crippen LogP contribution in [0.2, 0.25) is 0 Å². The summed E-state index contributed by atoms with van der Waals surface area (Å²) >= 11 is 0. The number of imidazole rings is 1. The molecule has 4 rings (SSSR count). The topological polar surface area (TPSA) is 59.4 Å². The minimum absolute atomic E-state index is 0.0329. The Bertz CT molecular complexity index is 864. The molecule has 2 aromatic rings. The Kier molecular flexibility index (Phi) is 5.16. The van der Waals surface area contributed by atoms with Crippen LogP contribution in [0.1, 0.15) is 43.0 Å². The number of hydrogen-bond donors (Lipinski definition) is 1. The van der Waals surface area contributed by atoms with E-state index in [4.69, 9.17) is 9.72 Å². The van der Waals surface area contributed by atoms with Gasteiger partial charge in [-0.15, -0.1) is 0 Å². The first-order chi connectivity index (χ1) is 13.1. The maximum atomic E-state index is 12.7. The van der Waals surface area contributed by atoms with Crippen LogP contribution in [-0.4, -0.2) is 47.8 Å². The molecule has 0 unspecified atom stereocenters. The Morgan fingerprint density at radius 2 is 2.07 bits per heavy atom. The van der Waals surface area contributed by atoms with Crippen LogP contribution in [0.25, 0.3) is 11.0 Å². The molecule has 27 heavy (non-hydrogen) atoms. The van der Waals surface area contributed by atoms with Gasteiger partial charge in [0.2, 0.25) is 5.95 Å². The first kappa shape index (κ1) is 18.0. The highest BCUT2D eigenvalue weighted by atomic mass is 16.5. The van der Waals surface area contributed by atoms with Gasteiger partial charge in [0.25, 0.3) is 5.91 Å². The summed E-state index contributed by atoms with van der Waals surface area (Å²) < 4.78 is 7.53. The van der Waals surface area contributed by atoms with Crippen molar-refractivity contribution in [3.8, 4) is 0 Å². The number of hydrogen-bond acceptors (Lipinski definition) is 4. The van der Waals surface area contributed by atoms with Crippen molar-refractivity contribution in [1.29, 1.82) is 0 Å². The molecule has 144 valence electrons. The normalized spacial score (nSPS) is 19.0. The van der Waals surface area contributed by atoms with Crippen molar-refractivity contribution in [2.45, 2.75) is 38.6 Å². The number of carbonyl (C=O) groups excluding carboxylic acids is 1. The minimum atomic E-state index is -0.0329. The summed E-state index contributed by atoms with van der Waals surface area (Å²) in [6.45, 7) is 5.22. The molecule has 0 saturated carbocycles. The van der Waals surface area contributed by atoms with Crippen molar-refractivity contribution in [3.63, 3.8) is 0 Å². The van der Waals surface area contributed by atoms with Gasteiger partial charge in [0, 0.05) is 31.7 Å². The Labute approximate surface area is 160 Å². The predicted molar refractivity (Wildman–Crippen MR) is 107 cm³/mol. The maximum Gasteiger partial charge on any atom is 0.251 e. The van der Waals surface area contributed by atoms with Crippen LogP contribution in [0.15, 0.2) is 29.8 Å². The predicted octanol–water partition coefficient (Wildman–Crippen LogP) is 3.03. The van der Waals surface area contributed by atoms with Gasteiger partial charge in [-0.25, -0.2) is 4.98 Å². The van der Waals surface area contributed by atoms with E-state index in [2.05, 4.69) is 27.8 Å². The van der Waals surface area contributed by atoms with Crippen LogP contribution in [0, 0.1) is 0 Å². The number of rotatable bonds is 4. The second kappa shape index (κ2) is 7.72. The molecule has 0 radical (unpaired) electrons. The highest BCUT2D eigenvalue weighted by Crippen LogP contribution is 2.24. The molecule has 0 bridgehead atoms. The molecule has 6 nitrogen and oxygen atoms in total. The Morgan fingerprint density at radius 3 is 2.81 bits per heavy atom. The standard InChI is InChI=1S/C21H28N4O2/c1-15(16-6-4-3-5-7-16)22-20(26)17-8-9-19-18(14-17)23-21(24(19)2)25-10-12-27-13-11-25/h6,8-9,14-15H,3-5,7,10-13H2,1-2H3,(H,22,26)/t15-/m1/s1. The number of aryl methyl sites for hydroxylation is 1. The number of benzene rings is 1. The Hall–Kier alpha value is -2.34. The molecule has 1 N–H and O–H groups in total. The largest absolute Gasteiger partial charge is 0.378 e. The summed E-state index contributed by atoms with van der Waals surface area (Å²) in [5.41, 5.74) is 3.91. The molecule has 2 heterocycles. The van der Waals surface area contributed by atoms with Crippen molar-refractivity contribution in [2.24, 2.45) is 7.05 Å². The van der Waals surface area contributed by atoms with Crippen LogP contribution >= 0.6 is 0 Å². The number of allylic oxidation sites excluding steroid dienone is 1. The van der Waals surface area contributed by atoms with Crippen molar-refractivity contribution < 1.29 is 9.53 Å². The van der Waals surface area contributed by atoms with Crippen LogP contribution in [0.4, 0.5) is 5.95 Å². The number of anilines is 1. The first-order valence-electron chi connectivity index (χ1n) is 9.92. The SMILES string of the molecule is C[C@@H](NC(=O)c1ccc2c(c1)nc(N1CCOCC1)n2C)C1=CCCCC1. The number of aromatic nitrogens is 2. The fraction of sp³-hybridized carbons (Fsp3) is 0.524. The van der Waals surface area contributed by atoms with Gasteiger partial charge in [-0.05, 0) is 50.8 Å². The fourth-order valence-corrected chi connectivity index (χ4v) is 4.00. The van der Waals surface area contributed by atoms with Gasteiger partial charge in [-0.3, -0.25) is 4.79 Å². The highest BCUT2D eigenvalue weighted by molar-refractivity contribution is 5.98. The molecule has 0 spiro atoms. The second-order valence-electron chi connectivity index (χ2n) is 7.49. The smallest absolute Gasteiger partial charge is 0.251 e. The molecular formula is C21H28N4O2. The monoisotopic (exact) mass is 368 g/mol. The molecule has 1 aromatic heterocycles. The molecule has 1 saturated heterocycles. The lowest BCUT2D eigenvalue weighted by Crippen LogP contribution is -2.37. The third-order valence-corrected chi connectivity index (χ3v) is 5.64. The van der Waals surface area contributed by atoms with Gasteiger partial charge in [0.05, 0.1) is 24.2 Å². The second-order valence-corrected chi connectivity index (χ2v) is 7.49. The van der Waals surface area contributed by atoms with Crippen molar-refractivity contribution >= 4 is 22.9 Å². The van der Waals surface area contributed by atoms with Gasteiger partial charge in [0.1, 0.15) is 0 Å². The zero-order valence-electron chi connectivity index (χ0n) is 16.2. The first-order valence-corrected chi connectivity index (χ1v) is 9.92. The van der Waals surface area contributed by atoms with E-state index in [-0.39, 0.29) is 11.9 Å². The van der Waals surface area contributed by atoms with Gasteiger partial charge >= 0.3 is 0 Å². The van der Waals surface area contributed by atoms with Crippen molar-refractivity contribution in [1.82, 2.24) is 14.9 Å². The quantitative estimate of drug-likeness (QED) is 0.843. The summed E-state index contributed by atoms with van der Waals surface area (Å²) in [6, 6.07) is 5.87. The number of carbonyl (C=O) groups is 1. The molecule has 1 aliphatic carbocycles. The van der Waals surface area contributed by atoms with E-state index in [9.17, 15) is 4.79 Å². The average Bonchev–Trinajstić information content (AvgIpc) is 3.05. The Morgan fingerprint density at radius 1 is 1.26 bits per heavy atom. The number of amides is 1. The molecule has 6 heteroatoms. The molecule has 1 aromatic carbocycles. The summed E-state index contributed by atoms with van der Waals surface area (Å²) in [6.07, 6.45) is 6.97. The summed E-state index contributed by atoms with van der Waals surface area (Å²) in [5.74, 6) is 0.904. The van der Waals surface area contributed by atoms with Crippen molar-refractivity contribution in [2.75, 3.05) is 31.2 Å².